The van der Waals surface area contributed by atoms with Crippen LogP contribution in [0, 0.1) is 5.82 Å². The Bertz CT molecular complexity index is 542. The molecule has 19 heavy (non-hydrogen) atoms. The molecule has 0 aliphatic rings. The highest BCUT2D eigenvalue weighted by molar-refractivity contribution is 5.59. The molecule has 0 spiro atoms. The number of nitrogens with one attached hydrogen (secondary N) is 1. The van der Waals surface area contributed by atoms with E-state index < -0.39 is 0 Å². The number of hydrogen-bond acceptors (Lipinski definition) is 3. The fourth-order valence-corrected chi connectivity index (χ4v) is 1.84. The maximum atomic E-state index is 13.2. The number of halogens is 1. The van der Waals surface area contributed by atoms with E-state index >= 15 is 0 Å². The normalized spacial score (nSPS) is 10.5. The first kappa shape index (κ1) is 13.5. The number of aromatic nitrogens is 1. The van der Waals surface area contributed by atoms with Gasteiger partial charge >= 0.3 is 0 Å². The molecule has 2 aromatic rings. The Balaban J connectivity index is 2.21. The molecule has 100 valence electrons. The van der Waals surface area contributed by atoms with Crippen molar-refractivity contribution in [2.75, 3.05) is 18.5 Å². The second kappa shape index (κ2) is 6.29. The zero-order valence-corrected chi connectivity index (χ0v) is 11.2. The Morgan fingerprint density at radius 3 is 2.84 bits per heavy atom. The molecular weight excluding hydrogens is 241 g/mol. The van der Waals surface area contributed by atoms with Crippen molar-refractivity contribution in [1.82, 2.24) is 10.3 Å². The molecule has 2 rings (SSSR count). The lowest BCUT2D eigenvalue weighted by molar-refractivity contribution is 0.628. The highest BCUT2D eigenvalue weighted by Gasteiger charge is 2.06. The molecule has 0 amide bonds. The topological polar surface area (TPSA) is 28.2 Å². The van der Waals surface area contributed by atoms with E-state index in [1.807, 2.05) is 30.1 Å². The average molecular weight is 259 g/mol. The van der Waals surface area contributed by atoms with Crippen LogP contribution in [0.2, 0.25) is 0 Å². The average Bonchev–Trinajstić information content (AvgIpc) is 2.44. The zero-order valence-electron chi connectivity index (χ0n) is 11.2. The highest BCUT2D eigenvalue weighted by atomic mass is 19.1. The van der Waals surface area contributed by atoms with Crippen LogP contribution in [0.1, 0.15) is 12.5 Å². The van der Waals surface area contributed by atoms with E-state index in [0.29, 0.717) is 0 Å². The van der Waals surface area contributed by atoms with Gasteiger partial charge in [0.1, 0.15) is 11.6 Å². The second-order valence-corrected chi connectivity index (χ2v) is 4.34. The molecule has 0 fully saturated rings. The van der Waals surface area contributed by atoms with Crippen molar-refractivity contribution in [2.24, 2.45) is 0 Å². The van der Waals surface area contributed by atoms with E-state index in [9.17, 15) is 4.39 Å². The number of benzene rings is 1. The van der Waals surface area contributed by atoms with Crippen LogP contribution in [0.4, 0.5) is 15.9 Å². The van der Waals surface area contributed by atoms with Crippen LogP contribution in [0.5, 0.6) is 0 Å². The largest absolute Gasteiger partial charge is 0.329 e. The first-order valence-electron chi connectivity index (χ1n) is 6.35. The minimum atomic E-state index is -0.242. The Kier molecular flexibility index (Phi) is 4.47. The lowest BCUT2D eigenvalue weighted by Gasteiger charge is -2.19. The molecular formula is C15H18FN3. The first-order valence-corrected chi connectivity index (χ1v) is 6.35. The van der Waals surface area contributed by atoms with Gasteiger partial charge in [0.05, 0.1) is 0 Å². The van der Waals surface area contributed by atoms with Gasteiger partial charge < -0.3 is 10.2 Å². The molecule has 0 saturated carbocycles. The maximum absolute atomic E-state index is 13.2. The van der Waals surface area contributed by atoms with Gasteiger partial charge in [-0.25, -0.2) is 9.37 Å². The number of nitrogens with zero attached hydrogens (tertiary/aromatic N) is 2. The summed E-state index contributed by atoms with van der Waals surface area (Å²) in [5.41, 5.74) is 1.95. The van der Waals surface area contributed by atoms with Gasteiger partial charge in [0.2, 0.25) is 0 Å². The molecule has 0 unspecified atom stereocenters. The van der Waals surface area contributed by atoms with Crippen LogP contribution in [0.15, 0.2) is 42.6 Å². The summed E-state index contributed by atoms with van der Waals surface area (Å²) in [7, 11) is 1.88. The molecule has 1 heterocycles. The molecule has 0 saturated heterocycles. The number of rotatable bonds is 5. The Hall–Kier alpha value is -1.94. The van der Waals surface area contributed by atoms with Crippen molar-refractivity contribution in [2.45, 2.75) is 13.5 Å². The van der Waals surface area contributed by atoms with Gasteiger partial charge in [-0.1, -0.05) is 13.0 Å². The van der Waals surface area contributed by atoms with Crippen molar-refractivity contribution >= 4 is 11.5 Å². The Morgan fingerprint density at radius 1 is 1.26 bits per heavy atom. The summed E-state index contributed by atoms with van der Waals surface area (Å²) in [4.78, 5) is 6.20. The van der Waals surface area contributed by atoms with Gasteiger partial charge in [0.15, 0.2) is 0 Å². The molecule has 1 aromatic carbocycles. The Morgan fingerprint density at radius 2 is 2.11 bits per heavy atom. The van der Waals surface area contributed by atoms with E-state index in [2.05, 4.69) is 17.2 Å². The van der Waals surface area contributed by atoms with Crippen LogP contribution < -0.4 is 10.2 Å². The van der Waals surface area contributed by atoms with E-state index in [1.165, 1.54) is 12.1 Å². The van der Waals surface area contributed by atoms with Gasteiger partial charge in [-0.15, -0.1) is 0 Å². The lowest BCUT2D eigenvalue weighted by Crippen LogP contribution is -2.14. The Labute approximate surface area is 113 Å². The number of pyridine rings is 1. The van der Waals surface area contributed by atoms with Crippen LogP contribution >= 0.6 is 0 Å². The van der Waals surface area contributed by atoms with Gasteiger partial charge in [-0.3, -0.25) is 0 Å². The minimum absolute atomic E-state index is 0.242. The summed E-state index contributed by atoms with van der Waals surface area (Å²) >= 11 is 0. The quantitative estimate of drug-likeness (QED) is 0.894. The van der Waals surface area contributed by atoms with E-state index in [4.69, 9.17) is 0 Å². The van der Waals surface area contributed by atoms with Gasteiger partial charge in [0.25, 0.3) is 0 Å². The zero-order chi connectivity index (χ0) is 13.7. The molecule has 0 aliphatic heterocycles. The van der Waals surface area contributed by atoms with Crippen molar-refractivity contribution < 1.29 is 4.39 Å². The predicted molar refractivity (Wildman–Crippen MR) is 76.1 cm³/mol. The van der Waals surface area contributed by atoms with Crippen molar-refractivity contribution in [3.05, 3.63) is 54.0 Å². The van der Waals surface area contributed by atoms with Crippen molar-refractivity contribution in [3.63, 3.8) is 0 Å². The third-order valence-corrected chi connectivity index (χ3v) is 2.93. The van der Waals surface area contributed by atoms with Crippen LogP contribution in [0.3, 0.4) is 0 Å². The number of anilines is 2. The molecule has 0 radical (unpaired) electrons. The summed E-state index contributed by atoms with van der Waals surface area (Å²) in [5.74, 6) is 0.564. The third kappa shape index (κ3) is 3.51. The smallest absolute Gasteiger partial charge is 0.132 e. The van der Waals surface area contributed by atoms with Crippen LogP contribution in [-0.4, -0.2) is 18.6 Å². The summed E-state index contributed by atoms with van der Waals surface area (Å²) in [6.07, 6.45) is 1.78. The summed E-state index contributed by atoms with van der Waals surface area (Å²) in [6, 6.07) is 10.5. The summed E-state index contributed by atoms with van der Waals surface area (Å²) in [6.45, 7) is 3.81. The summed E-state index contributed by atoms with van der Waals surface area (Å²) < 4.78 is 13.2. The van der Waals surface area contributed by atoms with Gasteiger partial charge in [0, 0.05) is 25.5 Å². The van der Waals surface area contributed by atoms with Crippen molar-refractivity contribution in [3.8, 4) is 0 Å². The van der Waals surface area contributed by atoms with Crippen LogP contribution in [0.25, 0.3) is 0 Å². The second-order valence-electron chi connectivity index (χ2n) is 4.34. The highest BCUT2D eigenvalue weighted by Crippen LogP contribution is 2.22. The maximum Gasteiger partial charge on any atom is 0.132 e. The van der Waals surface area contributed by atoms with Crippen LogP contribution in [-0.2, 0) is 6.54 Å². The fourth-order valence-electron chi connectivity index (χ4n) is 1.84. The lowest BCUT2D eigenvalue weighted by atomic mass is 10.2. The SMILES string of the molecule is CCNCc1ccnc(N(C)c2cccc(F)c2)c1. The third-order valence-electron chi connectivity index (χ3n) is 2.93. The standard InChI is InChI=1S/C15H18FN3/c1-3-17-11-12-7-8-18-15(9-12)19(2)14-6-4-5-13(16)10-14/h4-10,17H,3,11H2,1-2H3. The molecule has 1 aromatic heterocycles. The fraction of sp³-hybridized carbons (Fsp3) is 0.267. The molecule has 0 bridgehead atoms. The van der Waals surface area contributed by atoms with E-state index in [0.717, 1.165) is 30.2 Å². The molecule has 0 aliphatic carbocycles. The van der Waals surface area contributed by atoms with Gasteiger partial charge in [-0.05, 0) is 42.4 Å². The molecule has 4 heteroatoms. The minimum Gasteiger partial charge on any atom is -0.329 e. The van der Waals surface area contributed by atoms with E-state index in [1.54, 1.807) is 12.3 Å². The molecule has 0 atom stereocenters. The van der Waals surface area contributed by atoms with E-state index in [-0.39, 0.29) is 5.82 Å². The first-order chi connectivity index (χ1) is 9.20. The number of hydrogen-bond donors (Lipinski definition) is 1. The molecule has 1 N–H and O–H groups in total. The van der Waals surface area contributed by atoms with Gasteiger partial charge in [-0.2, -0.15) is 0 Å². The van der Waals surface area contributed by atoms with Crippen molar-refractivity contribution in [1.29, 1.82) is 0 Å². The molecule has 3 nitrogen and oxygen atoms in total. The predicted octanol–water partition coefficient (Wildman–Crippen LogP) is 3.10. The summed E-state index contributed by atoms with van der Waals surface area (Å²) in [5, 5.41) is 3.27. The monoisotopic (exact) mass is 259 g/mol.